The molecule has 3 rings (SSSR count). The number of carbonyl (C=O) groups is 1. The minimum Gasteiger partial charge on any atom is -0.333 e. The lowest BCUT2D eigenvalue weighted by Gasteiger charge is -2.36. The summed E-state index contributed by atoms with van der Waals surface area (Å²) < 4.78 is 26.7. The largest absolute Gasteiger partial charge is 0.333 e. The van der Waals surface area contributed by atoms with Gasteiger partial charge >= 0.3 is 0 Å². The van der Waals surface area contributed by atoms with Crippen LogP contribution in [-0.2, 0) is 0 Å². The van der Waals surface area contributed by atoms with Crippen molar-refractivity contribution in [1.82, 2.24) is 4.90 Å². The second kappa shape index (κ2) is 7.58. The lowest BCUT2D eigenvalue weighted by molar-refractivity contribution is 0.0601. The number of nitrogens with zero attached hydrogens (tertiary/aromatic N) is 2. The highest BCUT2D eigenvalue weighted by Crippen LogP contribution is 2.37. The van der Waals surface area contributed by atoms with Gasteiger partial charge < -0.3 is 10.6 Å². The molecule has 1 aromatic carbocycles. The zero-order chi connectivity index (χ0) is 18.9. The molecule has 2 N–H and O–H groups in total. The molecule has 2 aliphatic rings. The molecule has 1 aromatic rings. The molecule has 2 fully saturated rings. The zero-order valence-corrected chi connectivity index (χ0v) is 15.7. The van der Waals surface area contributed by atoms with E-state index in [4.69, 9.17) is 11.0 Å². The third kappa shape index (κ3) is 4.22. The van der Waals surface area contributed by atoms with Crippen LogP contribution in [0.3, 0.4) is 0 Å². The van der Waals surface area contributed by atoms with Gasteiger partial charge in [-0.2, -0.15) is 5.26 Å². The molecule has 0 bridgehead atoms. The van der Waals surface area contributed by atoms with Crippen LogP contribution >= 0.6 is 9.24 Å². The summed E-state index contributed by atoms with van der Waals surface area (Å²) in [6, 6.07) is 7.52. The summed E-state index contributed by atoms with van der Waals surface area (Å²) in [5, 5.41) is 9.06. The summed E-state index contributed by atoms with van der Waals surface area (Å²) in [5.41, 5.74) is 3.28. The molecule has 26 heavy (non-hydrogen) atoms. The van der Waals surface area contributed by atoms with Crippen molar-refractivity contribution in [3.8, 4) is 6.07 Å². The average Bonchev–Trinajstić information content (AvgIpc) is 3.46. The van der Waals surface area contributed by atoms with E-state index in [0.29, 0.717) is 11.1 Å². The van der Waals surface area contributed by atoms with Gasteiger partial charge in [-0.05, 0) is 56.2 Å². The average molecular weight is 379 g/mol. The van der Waals surface area contributed by atoms with Crippen molar-refractivity contribution in [3.05, 3.63) is 35.4 Å². The summed E-state index contributed by atoms with van der Waals surface area (Å²) in [7, 11) is 1.46. The third-order valence-corrected chi connectivity index (χ3v) is 5.74. The van der Waals surface area contributed by atoms with Crippen LogP contribution in [0.5, 0.6) is 0 Å². The Hall–Kier alpha value is -1.57. The van der Waals surface area contributed by atoms with Gasteiger partial charge in [0.2, 0.25) is 0 Å². The Balaban J connectivity index is 1.73. The van der Waals surface area contributed by atoms with E-state index in [0.717, 1.165) is 38.5 Å². The number of carbonyl (C=O) groups excluding carboxylic acids is 1. The van der Waals surface area contributed by atoms with Crippen LogP contribution in [0.2, 0.25) is 0 Å². The van der Waals surface area contributed by atoms with Crippen LogP contribution in [0.4, 0.5) is 8.78 Å². The van der Waals surface area contributed by atoms with Gasteiger partial charge in [0, 0.05) is 23.6 Å². The van der Waals surface area contributed by atoms with Crippen molar-refractivity contribution in [1.29, 1.82) is 5.26 Å². The molecule has 0 aromatic heterocycles. The number of hydrogen-bond donors (Lipinski definition) is 1. The maximum atomic E-state index is 13.3. The van der Waals surface area contributed by atoms with Crippen molar-refractivity contribution in [2.75, 3.05) is 0 Å². The van der Waals surface area contributed by atoms with Crippen molar-refractivity contribution in [2.24, 2.45) is 11.7 Å². The van der Waals surface area contributed by atoms with E-state index < -0.39 is 11.7 Å². The first kappa shape index (κ1) is 19.2. The van der Waals surface area contributed by atoms with Crippen LogP contribution < -0.4 is 5.73 Å². The normalized spacial score (nSPS) is 24.6. The molecular weight excluding hydrogens is 355 g/mol. The maximum Gasteiger partial charge on any atom is 0.277 e. The lowest BCUT2D eigenvalue weighted by Crippen LogP contribution is -2.43. The molecule has 0 saturated heterocycles. The number of alkyl halides is 2. The maximum absolute atomic E-state index is 13.3. The smallest absolute Gasteiger partial charge is 0.277 e. The highest BCUT2D eigenvalue weighted by molar-refractivity contribution is 7.18. The highest BCUT2D eigenvalue weighted by atomic mass is 31.0. The first-order valence-electron chi connectivity index (χ1n) is 9.05. The van der Waals surface area contributed by atoms with Crippen LogP contribution in [0.15, 0.2) is 24.3 Å². The summed E-state index contributed by atoms with van der Waals surface area (Å²) in [6.45, 7) is 0. The topological polar surface area (TPSA) is 70.1 Å². The van der Waals surface area contributed by atoms with Gasteiger partial charge in [0.15, 0.2) is 0 Å². The first-order valence-corrected chi connectivity index (χ1v) is 9.63. The van der Waals surface area contributed by atoms with Crippen LogP contribution in [0.1, 0.15) is 60.5 Å². The standard InChI is InChI=1S/C19H24F2N3OP/c20-19(21,26)17(23)13-3-5-14(6-4-13)18(25)24(16-9-10-16)15-7-1-12(11-22)2-8-15/h3-6,12,15-17H,1-2,7-10,23,26H2. The molecule has 0 spiro atoms. The number of rotatable bonds is 5. The Labute approximate surface area is 154 Å². The number of halogens is 2. The predicted octanol–water partition coefficient (Wildman–Crippen LogP) is 3.84. The molecule has 1 amide bonds. The Bertz CT molecular complexity index is 686. The monoisotopic (exact) mass is 379 g/mol. The molecule has 0 heterocycles. The molecular formula is C19H24F2N3OP. The van der Waals surface area contributed by atoms with Gasteiger partial charge in [-0.3, -0.25) is 4.79 Å². The second-order valence-corrected chi connectivity index (χ2v) is 8.12. The predicted molar refractivity (Wildman–Crippen MR) is 98.6 cm³/mol. The van der Waals surface area contributed by atoms with E-state index in [1.165, 1.54) is 21.4 Å². The first-order chi connectivity index (χ1) is 12.3. The molecule has 2 aliphatic carbocycles. The number of nitriles is 1. The Morgan fingerprint density at radius 2 is 1.65 bits per heavy atom. The summed E-state index contributed by atoms with van der Waals surface area (Å²) in [6.07, 6.45) is 5.37. The van der Waals surface area contributed by atoms with Gasteiger partial charge in [-0.15, -0.1) is 0 Å². The summed E-state index contributed by atoms with van der Waals surface area (Å²) in [5.74, 6) is 0.0439. The number of amides is 1. The van der Waals surface area contributed by atoms with E-state index in [-0.39, 0.29) is 23.9 Å². The Kier molecular flexibility index (Phi) is 5.60. The fourth-order valence-electron chi connectivity index (χ4n) is 3.67. The number of benzene rings is 1. The Morgan fingerprint density at radius 3 is 2.08 bits per heavy atom. The van der Waals surface area contributed by atoms with Crippen LogP contribution in [0, 0.1) is 17.2 Å². The molecule has 4 nitrogen and oxygen atoms in total. The van der Waals surface area contributed by atoms with Gasteiger partial charge in [-0.1, -0.05) is 21.4 Å². The molecule has 0 radical (unpaired) electrons. The number of nitrogens with two attached hydrogens (primary N) is 1. The molecule has 2 atom stereocenters. The molecule has 2 saturated carbocycles. The highest BCUT2D eigenvalue weighted by Gasteiger charge is 2.39. The minimum atomic E-state index is -3.09. The molecule has 140 valence electrons. The third-order valence-electron chi connectivity index (χ3n) is 5.38. The Morgan fingerprint density at radius 1 is 1.15 bits per heavy atom. The zero-order valence-electron chi connectivity index (χ0n) is 14.6. The quantitative estimate of drug-likeness (QED) is 0.790. The van der Waals surface area contributed by atoms with Gasteiger partial charge in [0.1, 0.15) is 0 Å². The van der Waals surface area contributed by atoms with Crippen molar-refractivity contribution in [2.45, 2.75) is 62.3 Å². The van der Waals surface area contributed by atoms with Gasteiger partial charge in [0.25, 0.3) is 11.6 Å². The summed E-state index contributed by atoms with van der Waals surface area (Å²) >= 11 is 0. The van der Waals surface area contributed by atoms with Crippen molar-refractivity contribution >= 4 is 15.1 Å². The van der Waals surface area contributed by atoms with Crippen molar-refractivity contribution in [3.63, 3.8) is 0 Å². The SMILES string of the molecule is N#CC1CCC(N(C(=O)c2ccc(C(N)C(F)(F)P)cc2)C2CC2)CC1. The van der Waals surface area contributed by atoms with Crippen LogP contribution in [-0.4, -0.2) is 28.6 Å². The van der Waals surface area contributed by atoms with E-state index in [2.05, 4.69) is 6.07 Å². The molecule has 2 unspecified atom stereocenters. The lowest BCUT2D eigenvalue weighted by atomic mass is 9.86. The summed E-state index contributed by atoms with van der Waals surface area (Å²) in [4.78, 5) is 15.0. The molecule has 0 aliphatic heterocycles. The second-order valence-electron chi connectivity index (χ2n) is 7.35. The van der Waals surface area contributed by atoms with Gasteiger partial charge in [-0.25, -0.2) is 8.78 Å². The number of hydrogen-bond acceptors (Lipinski definition) is 3. The van der Waals surface area contributed by atoms with E-state index in [1.807, 2.05) is 4.90 Å². The van der Waals surface area contributed by atoms with E-state index in [1.54, 1.807) is 12.1 Å². The minimum absolute atomic E-state index is 0.0503. The fourth-order valence-corrected chi connectivity index (χ4v) is 3.86. The van der Waals surface area contributed by atoms with E-state index in [9.17, 15) is 13.6 Å². The van der Waals surface area contributed by atoms with Crippen molar-refractivity contribution < 1.29 is 13.6 Å². The molecule has 7 heteroatoms. The fraction of sp³-hybridized carbons (Fsp3) is 0.579. The van der Waals surface area contributed by atoms with Crippen LogP contribution in [0.25, 0.3) is 0 Å². The van der Waals surface area contributed by atoms with Gasteiger partial charge in [0.05, 0.1) is 12.1 Å². The van der Waals surface area contributed by atoms with E-state index >= 15 is 0 Å².